The summed E-state index contributed by atoms with van der Waals surface area (Å²) in [5.41, 5.74) is 1.39. The van der Waals surface area contributed by atoms with Gasteiger partial charge in [0.1, 0.15) is 5.75 Å². The summed E-state index contributed by atoms with van der Waals surface area (Å²) in [6.07, 6.45) is 7.10. The number of hydrogen-bond donors (Lipinski definition) is 0. The largest absolute Gasteiger partial charge is 0.496 e. The van der Waals surface area contributed by atoms with Crippen molar-refractivity contribution in [3.05, 3.63) is 29.8 Å². The molecule has 2 fully saturated rings. The van der Waals surface area contributed by atoms with Crippen molar-refractivity contribution >= 4 is 0 Å². The third-order valence-corrected chi connectivity index (χ3v) is 5.39. The summed E-state index contributed by atoms with van der Waals surface area (Å²) in [4.78, 5) is 2.70. The van der Waals surface area contributed by atoms with Crippen LogP contribution in [0, 0.1) is 0 Å². The highest BCUT2D eigenvalue weighted by Gasteiger charge is 2.35. The highest BCUT2D eigenvalue weighted by Crippen LogP contribution is 2.36. The number of para-hydroxylation sites is 1. The van der Waals surface area contributed by atoms with E-state index in [-0.39, 0.29) is 0 Å². The summed E-state index contributed by atoms with van der Waals surface area (Å²) >= 11 is 0. The molecule has 1 aliphatic carbocycles. The molecule has 1 aliphatic heterocycles. The van der Waals surface area contributed by atoms with Crippen LogP contribution in [-0.4, -0.2) is 43.3 Å². The van der Waals surface area contributed by atoms with Crippen molar-refractivity contribution in [3.63, 3.8) is 0 Å². The Morgan fingerprint density at radius 3 is 2.61 bits per heavy atom. The van der Waals surface area contributed by atoms with Gasteiger partial charge in [0.25, 0.3) is 0 Å². The first-order valence-electron chi connectivity index (χ1n) is 9.19. The van der Waals surface area contributed by atoms with Gasteiger partial charge < -0.3 is 14.4 Å². The number of benzene rings is 1. The third-order valence-electron chi connectivity index (χ3n) is 5.39. The Morgan fingerprint density at radius 1 is 1.09 bits per heavy atom. The van der Waals surface area contributed by atoms with E-state index in [1.54, 1.807) is 7.11 Å². The Hall–Kier alpha value is -1.06. The number of rotatable bonds is 5. The quantitative estimate of drug-likeness (QED) is 0.811. The minimum atomic E-state index is 0.361. The van der Waals surface area contributed by atoms with Crippen LogP contribution in [0.3, 0.4) is 0 Å². The van der Waals surface area contributed by atoms with Crippen molar-refractivity contribution in [3.8, 4) is 5.75 Å². The average molecular weight is 317 g/mol. The van der Waals surface area contributed by atoms with Crippen molar-refractivity contribution in [1.29, 1.82) is 0 Å². The summed E-state index contributed by atoms with van der Waals surface area (Å²) < 4.78 is 11.5. The van der Waals surface area contributed by atoms with Crippen molar-refractivity contribution in [2.24, 2.45) is 0 Å². The number of hydrogen-bond acceptors (Lipinski definition) is 3. The molecule has 0 radical (unpaired) electrons. The lowest BCUT2D eigenvalue weighted by atomic mass is 9.87. The van der Waals surface area contributed by atoms with Crippen molar-refractivity contribution in [2.45, 2.75) is 70.1 Å². The van der Waals surface area contributed by atoms with Crippen LogP contribution in [0.2, 0.25) is 0 Å². The summed E-state index contributed by atoms with van der Waals surface area (Å²) in [5, 5.41) is 0. The Morgan fingerprint density at radius 2 is 1.87 bits per heavy atom. The SMILES string of the molecule is COc1ccccc1C1CCCN(C2CC(OC(C)C)C2)CC1. The standard InChI is InChI=1S/C20H31NO2/c1-15(2)23-18-13-17(14-18)21-11-6-7-16(10-12-21)19-8-4-5-9-20(19)22-3/h4-5,8-9,15-18H,6-7,10-14H2,1-3H3. The maximum atomic E-state index is 5.92. The molecular weight excluding hydrogens is 286 g/mol. The molecule has 1 aromatic carbocycles. The van der Waals surface area contributed by atoms with Gasteiger partial charge in [-0.05, 0) is 76.6 Å². The van der Waals surface area contributed by atoms with Crippen LogP contribution < -0.4 is 4.74 Å². The lowest BCUT2D eigenvalue weighted by Crippen LogP contribution is -2.49. The van der Waals surface area contributed by atoms with Gasteiger partial charge in [-0.25, -0.2) is 0 Å². The molecule has 3 heteroatoms. The maximum Gasteiger partial charge on any atom is 0.122 e. The number of methoxy groups -OCH3 is 1. The van der Waals surface area contributed by atoms with Crippen molar-refractivity contribution in [1.82, 2.24) is 4.90 Å². The van der Waals surface area contributed by atoms with Crippen LogP contribution in [0.25, 0.3) is 0 Å². The van der Waals surface area contributed by atoms with E-state index in [0.717, 1.165) is 11.8 Å². The Balaban J connectivity index is 1.54. The molecule has 1 saturated carbocycles. The van der Waals surface area contributed by atoms with Crippen molar-refractivity contribution in [2.75, 3.05) is 20.2 Å². The molecule has 0 amide bonds. The smallest absolute Gasteiger partial charge is 0.122 e. The molecule has 1 unspecified atom stereocenters. The number of ether oxygens (including phenoxy) is 2. The first kappa shape index (κ1) is 16.8. The van der Waals surface area contributed by atoms with Crippen LogP contribution in [0.1, 0.15) is 57.4 Å². The molecule has 23 heavy (non-hydrogen) atoms. The van der Waals surface area contributed by atoms with E-state index >= 15 is 0 Å². The average Bonchev–Trinajstić information content (AvgIpc) is 2.76. The van der Waals surface area contributed by atoms with E-state index in [2.05, 4.69) is 43.0 Å². The van der Waals surface area contributed by atoms with E-state index < -0.39 is 0 Å². The molecule has 0 spiro atoms. The van der Waals surface area contributed by atoms with Crippen LogP contribution in [0.4, 0.5) is 0 Å². The Labute approximate surface area is 141 Å². The zero-order valence-corrected chi connectivity index (χ0v) is 14.8. The van der Waals surface area contributed by atoms with Gasteiger partial charge in [0.15, 0.2) is 0 Å². The molecule has 3 rings (SSSR count). The van der Waals surface area contributed by atoms with Gasteiger partial charge >= 0.3 is 0 Å². The summed E-state index contributed by atoms with van der Waals surface area (Å²) in [6.45, 7) is 6.72. The summed E-state index contributed by atoms with van der Waals surface area (Å²) in [6, 6.07) is 9.29. The van der Waals surface area contributed by atoms with Gasteiger partial charge in [-0.3, -0.25) is 0 Å². The molecule has 0 bridgehead atoms. The highest BCUT2D eigenvalue weighted by atomic mass is 16.5. The summed E-state index contributed by atoms with van der Waals surface area (Å²) in [5.74, 6) is 1.69. The maximum absolute atomic E-state index is 5.92. The van der Waals surface area contributed by atoms with Gasteiger partial charge in [0, 0.05) is 6.04 Å². The first-order valence-corrected chi connectivity index (χ1v) is 9.19. The fourth-order valence-electron chi connectivity index (χ4n) is 4.13. The zero-order valence-electron chi connectivity index (χ0n) is 14.8. The minimum absolute atomic E-state index is 0.361. The molecule has 0 aromatic heterocycles. The second kappa shape index (κ2) is 7.67. The first-order chi connectivity index (χ1) is 11.2. The highest BCUT2D eigenvalue weighted by molar-refractivity contribution is 5.36. The molecule has 0 N–H and O–H groups in total. The van der Waals surface area contributed by atoms with Gasteiger partial charge in [0.2, 0.25) is 0 Å². The monoisotopic (exact) mass is 317 g/mol. The van der Waals surface area contributed by atoms with Crippen LogP contribution in [-0.2, 0) is 4.74 Å². The normalized spacial score (nSPS) is 29.1. The van der Waals surface area contributed by atoms with E-state index in [0.29, 0.717) is 18.1 Å². The number of nitrogens with zero attached hydrogens (tertiary/aromatic N) is 1. The second-order valence-corrected chi connectivity index (χ2v) is 7.34. The van der Waals surface area contributed by atoms with Gasteiger partial charge in [-0.2, -0.15) is 0 Å². The lowest BCUT2D eigenvalue weighted by molar-refractivity contribution is -0.0761. The van der Waals surface area contributed by atoms with Gasteiger partial charge in [-0.15, -0.1) is 0 Å². The van der Waals surface area contributed by atoms with Crippen LogP contribution in [0.5, 0.6) is 5.75 Å². The zero-order chi connectivity index (χ0) is 16.2. The van der Waals surface area contributed by atoms with Crippen LogP contribution in [0.15, 0.2) is 24.3 Å². The Kier molecular flexibility index (Phi) is 5.60. The van der Waals surface area contributed by atoms with E-state index in [1.165, 1.54) is 50.8 Å². The predicted octanol–water partition coefficient (Wildman–Crippen LogP) is 4.22. The molecule has 2 aliphatic rings. The molecule has 3 nitrogen and oxygen atoms in total. The molecule has 1 saturated heterocycles. The van der Waals surface area contributed by atoms with E-state index in [9.17, 15) is 0 Å². The fraction of sp³-hybridized carbons (Fsp3) is 0.700. The van der Waals surface area contributed by atoms with Crippen molar-refractivity contribution < 1.29 is 9.47 Å². The fourth-order valence-corrected chi connectivity index (χ4v) is 4.13. The Bertz CT molecular complexity index is 496. The molecule has 128 valence electrons. The molecule has 1 atom stereocenters. The third kappa shape index (κ3) is 4.07. The second-order valence-electron chi connectivity index (χ2n) is 7.34. The van der Waals surface area contributed by atoms with Crippen LogP contribution >= 0.6 is 0 Å². The number of likely N-dealkylation sites (tertiary alicyclic amines) is 1. The van der Waals surface area contributed by atoms with E-state index in [1.807, 2.05) is 0 Å². The minimum Gasteiger partial charge on any atom is -0.496 e. The van der Waals surface area contributed by atoms with E-state index in [4.69, 9.17) is 9.47 Å². The molecule has 1 aromatic rings. The predicted molar refractivity (Wildman–Crippen MR) is 94.2 cm³/mol. The topological polar surface area (TPSA) is 21.7 Å². The van der Waals surface area contributed by atoms with Gasteiger partial charge in [0.05, 0.1) is 19.3 Å². The summed E-state index contributed by atoms with van der Waals surface area (Å²) in [7, 11) is 1.78. The lowest BCUT2D eigenvalue weighted by Gasteiger charge is -2.43. The molecular formula is C20H31NO2. The van der Waals surface area contributed by atoms with Gasteiger partial charge in [-0.1, -0.05) is 18.2 Å². The molecule has 1 heterocycles.